The van der Waals surface area contributed by atoms with E-state index >= 15 is 0 Å². The van der Waals surface area contributed by atoms with Crippen molar-refractivity contribution in [1.29, 1.82) is 0 Å². The SMILES string of the molecule is CC(C)(C)c1cc2cc3ccccc3cc2o1.CC(C)(C)c1cc2ccccc2o1.CC(C)(C)c1cc2ccccc2s1.Cc1c(C(C)(C)C)cc(C2CCC(C(F)(F)F)(C(F)(F)F)CC2)c2ccccc12.Cc1c(C(C)(C)C)cc(C2CCC(F)(F)CC2)c2ccccc12. The predicted octanol–water partition coefficient (Wildman–Crippen LogP) is 27.8. The molecule has 0 amide bonds. The Hall–Kier alpha value is -6.98. The van der Waals surface area contributed by atoms with Gasteiger partial charge in [-0.15, -0.1) is 11.3 Å². The van der Waals surface area contributed by atoms with E-state index < -0.39 is 36.5 Å². The van der Waals surface area contributed by atoms with Crippen LogP contribution in [0, 0.1) is 19.3 Å². The molecule has 2 aliphatic carbocycles. The van der Waals surface area contributed by atoms with Crippen molar-refractivity contribution >= 4 is 75.7 Å². The zero-order valence-electron chi connectivity index (χ0n) is 58.6. The molecule has 0 atom stereocenters. The van der Waals surface area contributed by atoms with E-state index in [1.807, 2.05) is 66.8 Å². The molecule has 95 heavy (non-hydrogen) atoms. The van der Waals surface area contributed by atoms with E-state index in [1.165, 1.54) is 64.0 Å². The molecule has 13 rings (SSSR count). The molecule has 2 nitrogen and oxygen atoms in total. The molecule has 3 aromatic heterocycles. The molecule has 2 fully saturated rings. The van der Waals surface area contributed by atoms with E-state index in [0.29, 0.717) is 12.8 Å². The zero-order chi connectivity index (χ0) is 69.6. The summed E-state index contributed by atoms with van der Waals surface area (Å²) in [6.07, 6.45) is -11.5. The number of rotatable bonds is 2. The van der Waals surface area contributed by atoms with Gasteiger partial charge < -0.3 is 8.83 Å². The summed E-state index contributed by atoms with van der Waals surface area (Å²) in [7, 11) is 0. The lowest BCUT2D eigenvalue weighted by atomic mass is 9.66. The first-order valence-corrected chi connectivity index (χ1v) is 34.4. The summed E-state index contributed by atoms with van der Waals surface area (Å²) in [5.74, 6) is -0.443. The predicted molar refractivity (Wildman–Crippen MR) is 385 cm³/mol. The number of hydrogen-bond donors (Lipinski definition) is 0. The lowest BCUT2D eigenvalue weighted by Gasteiger charge is -2.42. The van der Waals surface area contributed by atoms with Gasteiger partial charge in [-0.05, 0) is 194 Å². The summed E-state index contributed by atoms with van der Waals surface area (Å²) < 4.78 is 121. The summed E-state index contributed by atoms with van der Waals surface area (Å²) in [6, 6.07) is 56.4. The van der Waals surface area contributed by atoms with Crippen LogP contribution < -0.4 is 0 Å². The molecule has 2 saturated carbocycles. The van der Waals surface area contributed by atoms with E-state index in [9.17, 15) is 35.1 Å². The third kappa shape index (κ3) is 16.4. The Kier molecular flexibility index (Phi) is 20.7. The second-order valence-electron chi connectivity index (χ2n) is 31.7. The van der Waals surface area contributed by atoms with Gasteiger partial charge in [0.2, 0.25) is 5.92 Å². The first-order chi connectivity index (χ1) is 44.1. The Morgan fingerprint density at radius 1 is 0.368 bits per heavy atom. The van der Waals surface area contributed by atoms with Crippen LogP contribution in [0.4, 0.5) is 35.1 Å². The quantitative estimate of drug-likeness (QED) is 0.161. The number of benzene rings is 8. The van der Waals surface area contributed by atoms with Gasteiger partial charge in [-0.1, -0.05) is 225 Å². The summed E-state index contributed by atoms with van der Waals surface area (Å²) >= 11 is 1.90. The van der Waals surface area contributed by atoms with Gasteiger partial charge in [0.1, 0.15) is 22.7 Å². The van der Waals surface area contributed by atoms with E-state index in [0.717, 1.165) is 50.1 Å². The van der Waals surface area contributed by atoms with Gasteiger partial charge in [0.15, 0.2) is 5.41 Å². The first kappa shape index (κ1) is 72.3. The maximum Gasteiger partial charge on any atom is 0.403 e. The average Bonchev–Trinajstić information content (AvgIpc) is 1.68. The molecule has 2 aliphatic rings. The van der Waals surface area contributed by atoms with Crippen molar-refractivity contribution in [2.75, 3.05) is 0 Å². The van der Waals surface area contributed by atoms with Crippen LogP contribution in [0.3, 0.4) is 0 Å². The smallest absolute Gasteiger partial charge is 0.403 e. The third-order valence-electron chi connectivity index (χ3n) is 19.3. The Morgan fingerprint density at radius 3 is 1.17 bits per heavy atom. The second-order valence-corrected chi connectivity index (χ2v) is 32.8. The molecule has 0 bridgehead atoms. The summed E-state index contributed by atoms with van der Waals surface area (Å²) in [4.78, 5) is 1.47. The largest absolute Gasteiger partial charge is 0.461 e. The molecular weight excluding hydrogens is 1220 g/mol. The van der Waals surface area contributed by atoms with E-state index in [2.05, 4.69) is 226 Å². The van der Waals surface area contributed by atoms with Gasteiger partial charge in [-0.3, -0.25) is 0 Å². The Balaban J connectivity index is 0.000000144. The topological polar surface area (TPSA) is 26.3 Å². The molecular formula is C84H96F8O2S. The van der Waals surface area contributed by atoms with Gasteiger partial charge in [-0.25, -0.2) is 8.78 Å². The minimum atomic E-state index is -5.29. The zero-order valence-corrected chi connectivity index (χ0v) is 59.5. The first-order valence-electron chi connectivity index (χ1n) is 33.5. The van der Waals surface area contributed by atoms with Gasteiger partial charge >= 0.3 is 12.4 Å². The second kappa shape index (κ2) is 27.1. The number of para-hydroxylation sites is 1. The number of fused-ring (bicyclic) bond motifs is 6. The van der Waals surface area contributed by atoms with Gasteiger partial charge in [0, 0.05) is 44.0 Å². The van der Waals surface area contributed by atoms with Gasteiger partial charge in [0.25, 0.3) is 0 Å². The highest BCUT2D eigenvalue weighted by Gasteiger charge is 2.70. The fourth-order valence-electron chi connectivity index (χ4n) is 13.6. The summed E-state index contributed by atoms with van der Waals surface area (Å²) in [5, 5.41) is 10.7. The maximum atomic E-state index is 13.5. The van der Waals surface area contributed by atoms with Crippen LogP contribution >= 0.6 is 11.3 Å². The van der Waals surface area contributed by atoms with Crippen LogP contribution in [0.5, 0.6) is 0 Å². The van der Waals surface area contributed by atoms with Crippen molar-refractivity contribution in [2.24, 2.45) is 5.41 Å². The highest BCUT2D eigenvalue weighted by molar-refractivity contribution is 7.19. The van der Waals surface area contributed by atoms with E-state index in [-0.39, 0.29) is 64.6 Å². The van der Waals surface area contributed by atoms with Crippen molar-refractivity contribution in [3.63, 3.8) is 0 Å². The number of hydrogen-bond acceptors (Lipinski definition) is 3. The fraction of sp³-hybridized carbons (Fsp3) is 0.429. The molecule has 0 unspecified atom stereocenters. The molecule has 0 aliphatic heterocycles. The summed E-state index contributed by atoms with van der Waals surface area (Å²) in [5.41, 5.74) is 5.66. The van der Waals surface area contributed by atoms with Crippen LogP contribution in [0.15, 0.2) is 173 Å². The van der Waals surface area contributed by atoms with Crippen molar-refractivity contribution in [3.05, 3.63) is 214 Å². The molecule has 0 N–H and O–H groups in total. The molecule has 8 aromatic carbocycles. The molecule has 506 valence electrons. The molecule has 11 heteroatoms. The maximum absolute atomic E-state index is 13.5. The molecule has 0 spiro atoms. The number of halogens is 8. The van der Waals surface area contributed by atoms with Gasteiger partial charge in [-0.2, -0.15) is 26.3 Å². The van der Waals surface area contributed by atoms with Crippen LogP contribution in [0.1, 0.15) is 217 Å². The minimum absolute atomic E-state index is 0.0186. The van der Waals surface area contributed by atoms with Crippen LogP contribution in [-0.2, 0) is 27.1 Å². The monoisotopic (exact) mass is 1320 g/mol. The summed E-state index contributed by atoms with van der Waals surface area (Å²) in [6.45, 7) is 36.8. The lowest BCUT2D eigenvalue weighted by Crippen LogP contribution is -2.51. The van der Waals surface area contributed by atoms with Crippen molar-refractivity contribution in [3.8, 4) is 0 Å². The lowest BCUT2D eigenvalue weighted by molar-refractivity contribution is -0.350. The van der Waals surface area contributed by atoms with E-state index in [1.54, 1.807) is 0 Å². The minimum Gasteiger partial charge on any atom is -0.461 e. The highest BCUT2D eigenvalue weighted by Crippen LogP contribution is 2.61. The average molecular weight is 1320 g/mol. The molecule has 0 saturated heterocycles. The molecule has 0 radical (unpaired) electrons. The van der Waals surface area contributed by atoms with Crippen LogP contribution in [0.2, 0.25) is 0 Å². The Bertz CT molecular complexity index is 4220. The van der Waals surface area contributed by atoms with E-state index in [4.69, 9.17) is 8.83 Å². The number of thiophene rings is 1. The normalized spacial score (nSPS) is 16.0. The van der Waals surface area contributed by atoms with Crippen molar-refractivity contribution in [2.45, 2.75) is 226 Å². The fourth-order valence-corrected chi connectivity index (χ4v) is 14.8. The van der Waals surface area contributed by atoms with Crippen LogP contribution in [-0.4, -0.2) is 18.3 Å². The third-order valence-corrected chi connectivity index (χ3v) is 20.8. The van der Waals surface area contributed by atoms with Crippen molar-refractivity contribution < 1.29 is 44.0 Å². The molecule has 11 aromatic rings. The number of alkyl halides is 8. The Labute approximate surface area is 561 Å². The van der Waals surface area contributed by atoms with Crippen LogP contribution in [0.25, 0.3) is 64.3 Å². The highest BCUT2D eigenvalue weighted by atomic mass is 32.1. The molecule has 3 heterocycles. The van der Waals surface area contributed by atoms with Crippen molar-refractivity contribution in [1.82, 2.24) is 0 Å². The number of furan rings is 2. The number of aryl methyl sites for hydroxylation is 2. The van der Waals surface area contributed by atoms with Gasteiger partial charge in [0.05, 0.1) is 0 Å². The Morgan fingerprint density at radius 2 is 0.747 bits per heavy atom. The standard InChI is InChI=1S/C23H26F6.C21H26F2.C16H16O.C12H14O.C12H14S/c1-14-16-7-5-6-8-17(16)18(13-19(14)20(2,3)4)15-9-11-21(12-10-15,22(24,25)26)23(27,28)29;1-14-16-7-5-6-8-17(16)18(13-19(14)20(2,3)4)15-9-11-21(22,23)12-10-15;1-16(2,3)15-10-13-8-11-6-4-5-7-12(11)9-14(13)17-15;2*1-12(2,3)11-8-9-6-4-5-7-10(9)13-11/h5-8,13,15H,9-12H2,1-4H3;5-8,13,15H,9-12H2,1-4H3;4-10H,1-3H3;2*4-8H,1-3H3.